The SMILES string of the molecule is Cn1c(Cl)cnc1CCCBr. The van der Waals surface area contributed by atoms with E-state index in [-0.39, 0.29) is 0 Å². The summed E-state index contributed by atoms with van der Waals surface area (Å²) in [5.41, 5.74) is 0. The molecule has 0 unspecified atom stereocenters. The lowest BCUT2D eigenvalue weighted by Gasteiger charge is -1.99. The number of alkyl halides is 1. The minimum Gasteiger partial charge on any atom is -0.322 e. The fourth-order valence-corrected chi connectivity index (χ4v) is 1.31. The van der Waals surface area contributed by atoms with Crippen molar-refractivity contribution in [2.75, 3.05) is 5.33 Å². The molecule has 0 spiro atoms. The molecule has 0 saturated carbocycles. The van der Waals surface area contributed by atoms with Crippen LogP contribution in [0.15, 0.2) is 6.20 Å². The lowest BCUT2D eigenvalue weighted by atomic mass is 10.3. The molecule has 1 heterocycles. The Kier molecular flexibility index (Phi) is 3.40. The van der Waals surface area contributed by atoms with Crippen molar-refractivity contribution < 1.29 is 0 Å². The molecule has 1 aromatic rings. The summed E-state index contributed by atoms with van der Waals surface area (Å²) < 4.78 is 1.91. The van der Waals surface area contributed by atoms with Crippen LogP contribution in [0, 0.1) is 0 Å². The van der Waals surface area contributed by atoms with Crippen molar-refractivity contribution in [1.82, 2.24) is 9.55 Å². The maximum atomic E-state index is 5.80. The fourth-order valence-electron chi connectivity index (χ4n) is 0.881. The molecule has 62 valence electrons. The molecule has 0 N–H and O–H groups in total. The molecule has 0 aromatic carbocycles. The third kappa shape index (κ3) is 2.20. The minimum absolute atomic E-state index is 0.703. The Balaban J connectivity index is 2.63. The summed E-state index contributed by atoms with van der Waals surface area (Å²) in [6.45, 7) is 0. The summed E-state index contributed by atoms with van der Waals surface area (Å²) in [5, 5.41) is 1.71. The Hall–Kier alpha value is -0.0200. The van der Waals surface area contributed by atoms with Crippen LogP contribution in [-0.2, 0) is 13.5 Å². The smallest absolute Gasteiger partial charge is 0.128 e. The maximum Gasteiger partial charge on any atom is 0.128 e. The number of halogens is 2. The van der Waals surface area contributed by atoms with Crippen molar-refractivity contribution in [3.05, 3.63) is 17.2 Å². The molecule has 0 fully saturated rings. The second-order valence-corrected chi connectivity index (χ2v) is 3.53. The summed E-state index contributed by atoms with van der Waals surface area (Å²) in [5.74, 6) is 1.05. The fraction of sp³-hybridized carbons (Fsp3) is 0.571. The molecule has 0 amide bonds. The molecular formula is C7H10BrClN2. The zero-order chi connectivity index (χ0) is 8.27. The van der Waals surface area contributed by atoms with Gasteiger partial charge in [0.15, 0.2) is 0 Å². The summed E-state index contributed by atoms with van der Waals surface area (Å²) in [4.78, 5) is 4.16. The molecule has 0 atom stereocenters. The van der Waals surface area contributed by atoms with Gasteiger partial charge in [-0.1, -0.05) is 27.5 Å². The molecular weight excluding hydrogens is 227 g/mol. The van der Waals surface area contributed by atoms with E-state index in [1.165, 1.54) is 0 Å². The number of rotatable bonds is 3. The van der Waals surface area contributed by atoms with E-state index in [1.807, 2.05) is 11.6 Å². The van der Waals surface area contributed by atoms with Crippen LogP contribution in [0.4, 0.5) is 0 Å². The van der Waals surface area contributed by atoms with Gasteiger partial charge in [-0.15, -0.1) is 0 Å². The summed E-state index contributed by atoms with van der Waals surface area (Å²) >= 11 is 9.17. The van der Waals surface area contributed by atoms with E-state index in [0.717, 1.165) is 24.0 Å². The van der Waals surface area contributed by atoms with E-state index in [9.17, 15) is 0 Å². The van der Waals surface area contributed by atoms with E-state index in [4.69, 9.17) is 11.6 Å². The van der Waals surface area contributed by atoms with Gasteiger partial charge in [-0.25, -0.2) is 4.98 Å². The van der Waals surface area contributed by atoms with Gasteiger partial charge >= 0.3 is 0 Å². The Labute approximate surface area is 79.7 Å². The maximum absolute atomic E-state index is 5.80. The van der Waals surface area contributed by atoms with Crippen LogP contribution in [0.3, 0.4) is 0 Å². The van der Waals surface area contributed by atoms with E-state index < -0.39 is 0 Å². The number of aryl methyl sites for hydroxylation is 1. The molecule has 1 rings (SSSR count). The van der Waals surface area contributed by atoms with Crippen LogP contribution in [0.5, 0.6) is 0 Å². The van der Waals surface area contributed by atoms with Crippen LogP contribution in [-0.4, -0.2) is 14.9 Å². The highest BCUT2D eigenvalue weighted by molar-refractivity contribution is 9.09. The summed E-state index contributed by atoms with van der Waals surface area (Å²) in [7, 11) is 1.93. The molecule has 2 nitrogen and oxygen atoms in total. The van der Waals surface area contributed by atoms with Gasteiger partial charge in [0.25, 0.3) is 0 Å². The van der Waals surface area contributed by atoms with Gasteiger partial charge in [0.05, 0.1) is 6.20 Å². The molecule has 0 bridgehead atoms. The molecule has 11 heavy (non-hydrogen) atoms. The summed E-state index contributed by atoms with van der Waals surface area (Å²) in [6.07, 6.45) is 3.76. The third-order valence-electron chi connectivity index (χ3n) is 1.56. The van der Waals surface area contributed by atoms with E-state index >= 15 is 0 Å². The van der Waals surface area contributed by atoms with Crippen LogP contribution in [0.1, 0.15) is 12.2 Å². The van der Waals surface area contributed by atoms with Gasteiger partial charge in [-0.3, -0.25) is 0 Å². The van der Waals surface area contributed by atoms with Crippen LogP contribution < -0.4 is 0 Å². The molecule has 4 heteroatoms. The van der Waals surface area contributed by atoms with Gasteiger partial charge in [0.1, 0.15) is 11.0 Å². The van der Waals surface area contributed by atoms with Gasteiger partial charge < -0.3 is 4.57 Å². The van der Waals surface area contributed by atoms with Crippen LogP contribution in [0.25, 0.3) is 0 Å². The monoisotopic (exact) mass is 236 g/mol. The van der Waals surface area contributed by atoms with Gasteiger partial charge in [-0.2, -0.15) is 0 Å². The second-order valence-electron chi connectivity index (χ2n) is 2.35. The summed E-state index contributed by atoms with van der Waals surface area (Å²) in [6, 6.07) is 0. The lowest BCUT2D eigenvalue weighted by molar-refractivity contribution is 0.764. The Morgan fingerprint density at radius 3 is 2.91 bits per heavy atom. The first-order valence-corrected chi connectivity index (χ1v) is 4.97. The van der Waals surface area contributed by atoms with Gasteiger partial charge in [0.2, 0.25) is 0 Å². The highest BCUT2D eigenvalue weighted by Gasteiger charge is 2.02. The first kappa shape index (κ1) is 9.07. The third-order valence-corrected chi connectivity index (χ3v) is 2.47. The van der Waals surface area contributed by atoms with Crippen molar-refractivity contribution in [2.45, 2.75) is 12.8 Å². The largest absolute Gasteiger partial charge is 0.322 e. The Morgan fingerprint density at radius 2 is 2.45 bits per heavy atom. The number of aromatic nitrogens is 2. The first-order valence-electron chi connectivity index (χ1n) is 3.47. The Bertz CT molecular complexity index is 234. The topological polar surface area (TPSA) is 17.8 Å². The first-order chi connectivity index (χ1) is 5.25. The standard InChI is InChI=1S/C7H10BrClN2/c1-11-6(9)5-10-7(11)3-2-4-8/h5H,2-4H2,1H3. The van der Waals surface area contributed by atoms with Crippen molar-refractivity contribution in [1.29, 1.82) is 0 Å². The molecule has 0 aliphatic carbocycles. The molecule has 0 radical (unpaired) electrons. The van der Waals surface area contributed by atoms with Gasteiger partial charge in [-0.05, 0) is 6.42 Å². The van der Waals surface area contributed by atoms with E-state index in [2.05, 4.69) is 20.9 Å². The number of hydrogen-bond acceptors (Lipinski definition) is 1. The Morgan fingerprint density at radius 1 is 1.73 bits per heavy atom. The normalized spacial score (nSPS) is 10.5. The molecule has 1 aromatic heterocycles. The van der Waals surface area contributed by atoms with Crippen LogP contribution >= 0.6 is 27.5 Å². The zero-order valence-corrected chi connectivity index (χ0v) is 8.69. The quantitative estimate of drug-likeness (QED) is 0.738. The second kappa shape index (κ2) is 4.12. The average Bonchev–Trinajstić information content (AvgIpc) is 2.31. The number of imidazole rings is 1. The zero-order valence-electron chi connectivity index (χ0n) is 6.35. The van der Waals surface area contributed by atoms with Crippen molar-refractivity contribution >= 4 is 27.5 Å². The average molecular weight is 238 g/mol. The van der Waals surface area contributed by atoms with E-state index in [0.29, 0.717) is 5.15 Å². The highest BCUT2D eigenvalue weighted by atomic mass is 79.9. The highest BCUT2D eigenvalue weighted by Crippen LogP contribution is 2.10. The van der Waals surface area contributed by atoms with Crippen molar-refractivity contribution in [3.8, 4) is 0 Å². The predicted octanol–water partition coefficient (Wildman–Crippen LogP) is 2.40. The van der Waals surface area contributed by atoms with E-state index in [1.54, 1.807) is 6.20 Å². The number of nitrogens with zero attached hydrogens (tertiary/aromatic N) is 2. The predicted molar refractivity (Wildman–Crippen MR) is 50.3 cm³/mol. The number of hydrogen-bond donors (Lipinski definition) is 0. The molecule has 0 aliphatic rings. The lowest BCUT2D eigenvalue weighted by Crippen LogP contribution is -1.98. The van der Waals surface area contributed by atoms with Crippen molar-refractivity contribution in [2.24, 2.45) is 7.05 Å². The minimum atomic E-state index is 0.703. The van der Waals surface area contributed by atoms with Crippen LogP contribution in [0.2, 0.25) is 5.15 Å². The van der Waals surface area contributed by atoms with Crippen molar-refractivity contribution in [3.63, 3.8) is 0 Å². The van der Waals surface area contributed by atoms with Gasteiger partial charge in [0, 0.05) is 18.8 Å². The molecule has 0 saturated heterocycles. The molecule has 0 aliphatic heterocycles.